The Morgan fingerprint density at radius 1 is 0.814 bits per heavy atom. The van der Waals surface area contributed by atoms with Gasteiger partial charge in [0.05, 0.1) is 10.8 Å². The van der Waals surface area contributed by atoms with E-state index >= 15 is 0 Å². The van der Waals surface area contributed by atoms with Gasteiger partial charge >= 0.3 is 19.5 Å². The SMILES string of the molecule is CC(C)(C)C(=O)OCOP(=O)(OCOC(=O)C(C)(C)C)C(CCCc1cccc(Oc2ccccc2)c1)S(=O)(=O)O.CO. The predicted octanol–water partition coefficient (Wildman–Crippen LogP) is 5.94. The Bertz CT molecular complexity index is 1280. The van der Waals surface area contributed by atoms with Crippen LogP contribution in [-0.2, 0) is 49.2 Å². The minimum Gasteiger partial charge on any atom is -0.457 e. The fourth-order valence-electron chi connectivity index (χ4n) is 3.28. The number of hydrogen-bond donors (Lipinski definition) is 2. The molecule has 0 saturated heterocycles. The first-order valence-corrected chi connectivity index (χ1v) is 16.5. The van der Waals surface area contributed by atoms with Crippen LogP contribution in [0.3, 0.4) is 0 Å². The molecule has 0 aromatic heterocycles. The molecule has 2 N–H and O–H groups in total. The van der Waals surface area contributed by atoms with Crippen LogP contribution >= 0.6 is 7.60 Å². The van der Waals surface area contributed by atoms with Gasteiger partial charge in [0.15, 0.2) is 4.99 Å². The molecule has 0 amide bonds. The molecule has 12 nitrogen and oxygen atoms in total. The molecule has 0 heterocycles. The molecule has 0 saturated carbocycles. The summed E-state index contributed by atoms with van der Waals surface area (Å²) in [5.74, 6) is -0.196. The highest BCUT2D eigenvalue weighted by Gasteiger charge is 2.45. The quantitative estimate of drug-likeness (QED) is 0.107. The Morgan fingerprint density at radius 3 is 1.77 bits per heavy atom. The van der Waals surface area contributed by atoms with Gasteiger partial charge in [0.2, 0.25) is 13.6 Å². The second-order valence-electron chi connectivity index (χ2n) is 11.3. The van der Waals surface area contributed by atoms with E-state index < -0.39 is 59.1 Å². The van der Waals surface area contributed by atoms with Crippen LogP contribution in [0.4, 0.5) is 0 Å². The Hall–Kier alpha value is -2.80. The van der Waals surface area contributed by atoms with E-state index in [0.29, 0.717) is 17.9 Å². The highest BCUT2D eigenvalue weighted by atomic mass is 32.2. The van der Waals surface area contributed by atoms with Gasteiger partial charge in [-0.05, 0) is 90.6 Å². The van der Waals surface area contributed by atoms with Crippen molar-refractivity contribution < 1.29 is 55.5 Å². The summed E-state index contributed by atoms with van der Waals surface area (Å²) in [6.07, 6.45) is 0.121. The van der Waals surface area contributed by atoms with Crippen LogP contribution in [0.5, 0.6) is 11.5 Å². The molecule has 43 heavy (non-hydrogen) atoms. The summed E-state index contributed by atoms with van der Waals surface area (Å²) in [6, 6.07) is 16.3. The van der Waals surface area contributed by atoms with Crippen LogP contribution < -0.4 is 4.74 Å². The number of benzene rings is 2. The molecule has 1 unspecified atom stereocenters. The Kier molecular flexibility index (Phi) is 15.0. The molecule has 2 rings (SSSR count). The standard InChI is InChI=1S/C28H39O11PS.CH4O/c1-27(2,3)25(29)35-19-37-40(31,38-20-36-26(30)28(4,5)6)24(41(32,33)34)17-11-13-21-12-10-16-23(18-21)39-22-14-8-7-9-15-22;1-2/h7-10,12,14-16,18,24H,11,13,17,19-20H2,1-6H3,(H,32,33,34);2H,1H3. The van der Waals surface area contributed by atoms with Crippen LogP contribution in [-0.4, -0.2) is 55.7 Å². The van der Waals surface area contributed by atoms with Gasteiger partial charge in [-0.25, -0.2) is 0 Å². The van der Waals surface area contributed by atoms with Crippen molar-refractivity contribution in [1.29, 1.82) is 0 Å². The Morgan fingerprint density at radius 2 is 1.30 bits per heavy atom. The number of aliphatic hydroxyl groups is 1. The maximum absolute atomic E-state index is 13.7. The molecule has 0 fully saturated rings. The van der Waals surface area contributed by atoms with E-state index in [1.54, 1.807) is 71.9 Å². The van der Waals surface area contributed by atoms with E-state index in [-0.39, 0.29) is 12.8 Å². The predicted molar refractivity (Wildman–Crippen MR) is 160 cm³/mol. The third-order valence-corrected chi connectivity index (χ3v) is 9.95. The maximum Gasteiger partial charge on any atom is 0.357 e. The van der Waals surface area contributed by atoms with Crippen molar-refractivity contribution >= 4 is 29.7 Å². The van der Waals surface area contributed by atoms with Crippen molar-refractivity contribution in [3.63, 3.8) is 0 Å². The van der Waals surface area contributed by atoms with Gasteiger partial charge in [-0.15, -0.1) is 0 Å². The summed E-state index contributed by atoms with van der Waals surface area (Å²) in [6.45, 7) is 7.67. The first-order valence-electron chi connectivity index (χ1n) is 13.4. The van der Waals surface area contributed by atoms with Crippen LogP contribution in [0.2, 0.25) is 0 Å². The number of carbonyl (C=O) groups is 2. The summed E-state index contributed by atoms with van der Waals surface area (Å²) in [5, 5.41) is 7.00. The van der Waals surface area contributed by atoms with E-state index in [1.165, 1.54) is 0 Å². The van der Waals surface area contributed by atoms with Gasteiger partial charge in [0, 0.05) is 7.11 Å². The molecule has 0 radical (unpaired) electrons. The molecule has 2 aromatic rings. The minimum absolute atomic E-state index is 0.138. The normalized spacial score (nSPS) is 12.9. The molecule has 0 bridgehead atoms. The molecule has 1 atom stereocenters. The topological polar surface area (TPSA) is 172 Å². The smallest absolute Gasteiger partial charge is 0.357 e. The van der Waals surface area contributed by atoms with Crippen molar-refractivity contribution in [2.45, 2.75) is 65.8 Å². The summed E-state index contributed by atoms with van der Waals surface area (Å²) < 4.78 is 74.6. The molecular formula is C29H43O12PS. The number of ether oxygens (including phenoxy) is 3. The lowest BCUT2D eigenvalue weighted by molar-refractivity contribution is -0.162. The van der Waals surface area contributed by atoms with E-state index in [2.05, 4.69) is 0 Å². The largest absolute Gasteiger partial charge is 0.457 e. The van der Waals surface area contributed by atoms with E-state index in [1.807, 2.05) is 24.3 Å². The van der Waals surface area contributed by atoms with Gasteiger partial charge in [-0.3, -0.25) is 27.8 Å². The summed E-state index contributed by atoms with van der Waals surface area (Å²) in [5.41, 5.74) is -1.04. The first kappa shape index (κ1) is 38.2. The van der Waals surface area contributed by atoms with Gasteiger partial charge in [-0.1, -0.05) is 30.3 Å². The van der Waals surface area contributed by atoms with Crippen LogP contribution in [0.15, 0.2) is 54.6 Å². The summed E-state index contributed by atoms with van der Waals surface area (Å²) in [4.78, 5) is 22.2. The number of para-hydroxylation sites is 1. The lowest BCUT2D eigenvalue weighted by atomic mass is 9.98. The van der Waals surface area contributed by atoms with Crippen LogP contribution in [0.25, 0.3) is 0 Å². The lowest BCUT2D eigenvalue weighted by Gasteiger charge is -2.26. The van der Waals surface area contributed by atoms with Crippen molar-refractivity contribution in [2.75, 3.05) is 20.7 Å². The number of rotatable bonds is 14. The van der Waals surface area contributed by atoms with E-state index in [9.17, 15) is 27.1 Å². The second-order valence-corrected chi connectivity index (χ2v) is 15.5. The zero-order chi connectivity index (χ0) is 32.9. The van der Waals surface area contributed by atoms with Gasteiger partial charge < -0.3 is 19.3 Å². The minimum atomic E-state index is -5.00. The Balaban J connectivity index is 0.00000452. The third-order valence-electron chi connectivity index (χ3n) is 5.56. The fourth-order valence-corrected chi connectivity index (χ4v) is 6.72. The molecule has 0 aliphatic rings. The average molecular weight is 647 g/mol. The zero-order valence-electron chi connectivity index (χ0n) is 25.6. The second kappa shape index (κ2) is 16.9. The number of aryl methyl sites for hydroxylation is 1. The number of aliphatic hydroxyl groups excluding tert-OH is 1. The first-order chi connectivity index (χ1) is 19.9. The molecule has 0 aliphatic heterocycles. The van der Waals surface area contributed by atoms with Gasteiger partial charge in [-0.2, -0.15) is 8.42 Å². The third kappa shape index (κ3) is 13.6. The maximum atomic E-state index is 13.7. The zero-order valence-corrected chi connectivity index (χ0v) is 27.4. The monoisotopic (exact) mass is 646 g/mol. The molecule has 242 valence electrons. The van der Waals surface area contributed by atoms with Crippen molar-refractivity contribution in [3.05, 3.63) is 60.2 Å². The molecule has 0 aliphatic carbocycles. The Labute approximate surface area is 253 Å². The van der Waals surface area contributed by atoms with Crippen molar-refractivity contribution in [3.8, 4) is 11.5 Å². The van der Waals surface area contributed by atoms with Crippen LogP contribution in [0.1, 0.15) is 59.9 Å². The highest BCUT2D eigenvalue weighted by Crippen LogP contribution is 2.56. The molecule has 0 spiro atoms. The summed E-state index contributed by atoms with van der Waals surface area (Å²) >= 11 is 0. The van der Waals surface area contributed by atoms with Crippen LogP contribution in [0, 0.1) is 10.8 Å². The number of hydrogen-bond acceptors (Lipinski definition) is 11. The van der Waals surface area contributed by atoms with E-state index in [4.69, 9.17) is 28.4 Å². The van der Waals surface area contributed by atoms with Gasteiger partial charge in [0.25, 0.3) is 10.1 Å². The number of carbonyl (C=O) groups excluding carboxylic acids is 2. The highest BCUT2D eigenvalue weighted by molar-refractivity contribution is 7.94. The molecule has 2 aromatic carbocycles. The number of esters is 2. The van der Waals surface area contributed by atoms with Crippen molar-refractivity contribution in [1.82, 2.24) is 0 Å². The van der Waals surface area contributed by atoms with E-state index in [0.717, 1.165) is 12.7 Å². The average Bonchev–Trinajstić information content (AvgIpc) is 2.91. The van der Waals surface area contributed by atoms with Gasteiger partial charge in [0.1, 0.15) is 11.5 Å². The summed E-state index contributed by atoms with van der Waals surface area (Å²) in [7, 11) is -8.76. The lowest BCUT2D eigenvalue weighted by Crippen LogP contribution is -2.28. The molecule has 14 heteroatoms. The fraction of sp³-hybridized carbons (Fsp3) is 0.517. The molecular weight excluding hydrogens is 603 g/mol. The van der Waals surface area contributed by atoms with Crippen molar-refractivity contribution in [2.24, 2.45) is 10.8 Å².